The molecule has 0 aliphatic rings. The fraction of sp³-hybridized carbons (Fsp3) is 0.273. The number of aliphatic hydroxyl groups is 1. The minimum Gasteiger partial charge on any atom is -0.478 e. The van der Waals surface area contributed by atoms with Gasteiger partial charge < -0.3 is 20.8 Å². The number of carbonyl (C=O) groups is 2. The van der Waals surface area contributed by atoms with E-state index in [2.05, 4.69) is 10.6 Å². The van der Waals surface area contributed by atoms with Gasteiger partial charge in [-0.3, -0.25) is 4.79 Å². The lowest BCUT2D eigenvalue weighted by molar-refractivity contribution is -0.115. The molecule has 0 fully saturated rings. The van der Waals surface area contributed by atoms with Gasteiger partial charge in [-0.1, -0.05) is 11.6 Å². The Labute approximate surface area is 109 Å². The number of amides is 1. The summed E-state index contributed by atoms with van der Waals surface area (Å²) in [6, 6.07) is 4.04. The van der Waals surface area contributed by atoms with Gasteiger partial charge in [0.1, 0.15) is 0 Å². The van der Waals surface area contributed by atoms with Gasteiger partial charge >= 0.3 is 5.97 Å². The van der Waals surface area contributed by atoms with E-state index in [9.17, 15) is 9.59 Å². The zero-order chi connectivity index (χ0) is 13.5. The number of hydrogen-bond donors (Lipinski definition) is 4. The van der Waals surface area contributed by atoms with Gasteiger partial charge in [0.2, 0.25) is 5.91 Å². The topological polar surface area (TPSA) is 98.7 Å². The second-order valence-corrected chi connectivity index (χ2v) is 3.86. The van der Waals surface area contributed by atoms with Crippen molar-refractivity contribution in [1.82, 2.24) is 5.32 Å². The van der Waals surface area contributed by atoms with Gasteiger partial charge in [-0.25, -0.2) is 4.79 Å². The van der Waals surface area contributed by atoms with Crippen LogP contribution in [-0.2, 0) is 4.79 Å². The summed E-state index contributed by atoms with van der Waals surface area (Å²) in [5.41, 5.74) is 0.283. The van der Waals surface area contributed by atoms with Gasteiger partial charge in [-0.2, -0.15) is 0 Å². The minimum absolute atomic E-state index is 0.00812. The van der Waals surface area contributed by atoms with E-state index in [0.717, 1.165) is 0 Å². The SMILES string of the molecule is O=C(CNCCO)Nc1cc(C(=O)O)ccc1Cl. The Morgan fingerprint density at radius 2 is 2.06 bits per heavy atom. The molecule has 7 heteroatoms. The first-order chi connectivity index (χ1) is 8.54. The Hall–Kier alpha value is -1.63. The van der Waals surface area contributed by atoms with E-state index >= 15 is 0 Å². The Morgan fingerprint density at radius 3 is 2.67 bits per heavy atom. The van der Waals surface area contributed by atoms with Crippen LogP contribution in [0.2, 0.25) is 5.02 Å². The van der Waals surface area contributed by atoms with Crippen LogP contribution in [0.25, 0.3) is 0 Å². The molecule has 0 saturated carbocycles. The maximum absolute atomic E-state index is 11.5. The summed E-state index contributed by atoms with van der Waals surface area (Å²) in [5, 5.41) is 22.8. The Bertz CT molecular complexity index is 451. The van der Waals surface area contributed by atoms with Crippen molar-refractivity contribution >= 4 is 29.2 Å². The van der Waals surface area contributed by atoms with Gasteiger partial charge in [-0.15, -0.1) is 0 Å². The molecule has 1 amide bonds. The first kappa shape index (κ1) is 14.4. The van der Waals surface area contributed by atoms with E-state index in [0.29, 0.717) is 6.54 Å². The van der Waals surface area contributed by atoms with Crippen molar-refractivity contribution in [2.75, 3.05) is 25.0 Å². The van der Waals surface area contributed by atoms with E-state index in [1.165, 1.54) is 18.2 Å². The zero-order valence-corrected chi connectivity index (χ0v) is 10.2. The molecule has 0 bridgehead atoms. The van der Waals surface area contributed by atoms with Crippen LogP contribution in [0.3, 0.4) is 0 Å². The van der Waals surface area contributed by atoms with Crippen molar-refractivity contribution < 1.29 is 19.8 Å². The fourth-order valence-electron chi connectivity index (χ4n) is 1.23. The van der Waals surface area contributed by atoms with E-state index in [1.54, 1.807) is 0 Å². The summed E-state index contributed by atoms with van der Waals surface area (Å²) < 4.78 is 0. The van der Waals surface area contributed by atoms with Crippen LogP contribution in [0.4, 0.5) is 5.69 Å². The van der Waals surface area contributed by atoms with Crippen LogP contribution in [-0.4, -0.2) is 41.8 Å². The van der Waals surface area contributed by atoms with Crippen LogP contribution in [0.5, 0.6) is 0 Å². The average molecular weight is 273 g/mol. The lowest BCUT2D eigenvalue weighted by Crippen LogP contribution is -2.30. The summed E-state index contributed by atoms with van der Waals surface area (Å²) in [5.74, 6) is -1.46. The van der Waals surface area contributed by atoms with Crippen LogP contribution in [0, 0.1) is 0 Å². The number of aromatic carboxylic acids is 1. The van der Waals surface area contributed by atoms with Gasteiger partial charge in [0, 0.05) is 6.54 Å². The molecule has 0 radical (unpaired) electrons. The molecule has 0 aliphatic carbocycles. The summed E-state index contributed by atoms with van der Waals surface area (Å²) in [7, 11) is 0. The van der Waals surface area contributed by atoms with Crippen LogP contribution < -0.4 is 10.6 Å². The van der Waals surface area contributed by atoms with Gasteiger partial charge in [0.25, 0.3) is 0 Å². The number of benzene rings is 1. The number of hydrogen-bond acceptors (Lipinski definition) is 4. The molecule has 1 rings (SSSR count). The number of carboxylic acids is 1. The molecular weight excluding hydrogens is 260 g/mol. The van der Waals surface area contributed by atoms with Crippen molar-refractivity contribution in [3.8, 4) is 0 Å². The number of nitrogens with one attached hydrogen (secondary N) is 2. The summed E-state index contributed by atoms with van der Waals surface area (Å²) in [4.78, 5) is 22.2. The predicted molar refractivity (Wildman–Crippen MR) is 67.0 cm³/mol. The normalized spacial score (nSPS) is 10.1. The number of rotatable bonds is 6. The van der Waals surface area contributed by atoms with Crippen molar-refractivity contribution in [3.05, 3.63) is 28.8 Å². The highest BCUT2D eigenvalue weighted by Gasteiger charge is 2.09. The highest BCUT2D eigenvalue weighted by molar-refractivity contribution is 6.33. The quantitative estimate of drug-likeness (QED) is 0.567. The smallest absolute Gasteiger partial charge is 0.335 e. The summed E-state index contributed by atoms with van der Waals surface area (Å²) in [6.07, 6.45) is 0. The molecule has 18 heavy (non-hydrogen) atoms. The lowest BCUT2D eigenvalue weighted by atomic mass is 10.2. The van der Waals surface area contributed by atoms with Crippen molar-refractivity contribution in [3.63, 3.8) is 0 Å². The maximum Gasteiger partial charge on any atom is 0.335 e. The van der Waals surface area contributed by atoms with Crippen molar-refractivity contribution in [1.29, 1.82) is 0 Å². The molecule has 0 aromatic heterocycles. The highest BCUT2D eigenvalue weighted by atomic mass is 35.5. The largest absolute Gasteiger partial charge is 0.478 e. The second-order valence-electron chi connectivity index (χ2n) is 3.45. The highest BCUT2D eigenvalue weighted by Crippen LogP contribution is 2.22. The maximum atomic E-state index is 11.5. The summed E-state index contributed by atoms with van der Waals surface area (Å²) in [6.45, 7) is 0.243. The molecule has 1 aromatic carbocycles. The van der Waals surface area contributed by atoms with Gasteiger partial charge in [0.05, 0.1) is 29.4 Å². The molecule has 4 N–H and O–H groups in total. The molecule has 0 atom stereocenters. The number of carbonyl (C=O) groups excluding carboxylic acids is 1. The van der Waals surface area contributed by atoms with E-state index in [-0.39, 0.29) is 35.3 Å². The molecule has 0 saturated heterocycles. The van der Waals surface area contributed by atoms with E-state index in [1.807, 2.05) is 0 Å². The van der Waals surface area contributed by atoms with Gasteiger partial charge in [0.15, 0.2) is 0 Å². The zero-order valence-electron chi connectivity index (χ0n) is 9.44. The number of aliphatic hydroxyl groups excluding tert-OH is 1. The van der Waals surface area contributed by atoms with Gasteiger partial charge in [-0.05, 0) is 18.2 Å². The first-order valence-corrected chi connectivity index (χ1v) is 5.56. The second kappa shape index (κ2) is 6.95. The standard InChI is InChI=1S/C11H13ClN2O4/c12-8-2-1-7(11(17)18)5-9(8)14-10(16)6-13-3-4-15/h1-2,5,13,15H,3-4,6H2,(H,14,16)(H,17,18). The van der Waals surface area contributed by atoms with Crippen LogP contribution in [0.15, 0.2) is 18.2 Å². The van der Waals surface area contributed by atoms with E-state index < -0.39 is 5.97 Å². The minimum atomic E-state index is -1.10. The Morgan fingerprint density at radius 1 is 1.33 bits per heavy atom. The molecule has 0 spiro atoms. The predicted octanol–water partition coefficient (Wildman–Crippen LogP) is 0.559. The third-order valence-corrected chi connectivity index (χ3v) is 2.39. The Balaban J connectivity index is 2.68. The number of anilines is 1. The fourth-order valence-corrected chi connectivity index (χ4v) is 1.39. The van der Waals surface area contributed by atoms with E-state index in [4.69, 9.17) is 21.8 Å². The molecular formula is C11H13ClN2O4. The van der Waals surface area contributed by atoms with Crippen molar-refractivity contribution in [2.45, 2.75) is 0 Å². The molecule has 0 heterocycles. The lowest BCUT2D eigenvalue weighted by Gasteiger charge is -2.08. The molecule has 0 aliphatic heterocycles. The van der Waals surface area contributed by atoms with Crippen LogP contribution >= 0.6 is 11.6 Å². The molecule has 98 valence electrons. The number of carboxylic acid groups (broad SMARTS) is 1. The first-order valence-electron chi connectivity index (χ1n) is 5.19. The monoisotopic (exact) mass is 272 g/mol. The summed E-state index contributed by atoms with van der Waals surface area (Å²) >= 11 is 5.84. The third-order valence-electron chi connectivity index (χ3n) is 2.06. The van der Waals surface area contributed by atoms with Crippen molar-refractivity contribution in [2.24, 2.45) is 0 Å². The number of halogens is 1. The Kier molecular flexibility index (Phi) is 5.57. The molecule has 6 nitrogen and oxygen atoms in total. The molecule has 0 unspecified atom stereocenters. The third kappa shape index (κ3) is 4.33. The van der Waals surface area contributed by atoms with Crippen LogP contribution in [0.1, 0.15) is 10.4 Å². The molecule has 1 aromatic rings. The average Bonchev–Trinajstić information content (AvgIpc) is 2.32.